The summed E-state index contributed by atoms with van der Waals surface area (Å²) < 4.78 is 24.3. The second-order valence-electron chi connectivity index (χ2n) is 6.13. The summed E-state index contributed by atoms with van der Waals surface area (Å²) in [6, 6.07) is 10.0. The summed E-state index contributed by atoms with van der Waals surface area (Å²) in [5.74, 6) is -0.111. The zero-order valence-electron chi connectivity index (χ0n) is 16.1. The Bertz CT molecular complexity index is 1000. The minimum Gasteiger partial charge on any atom is -0.493 e. The number of carbonyl (C=O) groups excluding carboxylic acids is 2. The number of nitrogens with one attached hydrogen (secondary N) is 1. The second-order valence-corrected chi connectivity index (χ2v) is 6.66. The smallest absolute Gasteiger partial charge is 0.338 e. The van der Waals surface area contributed by atoms with Crippen LogP contribution in [-0.2, 0) is 9.53 Å². The molecule has 0 fully saturated rings. The molecule has 0 aliphatic rings. The topological polar surface area (TPSA) is 99.6 Å². The van der Waals surface area contributed by atoms with E-state index >= 15 is 0 Å². The maximum Gasteiger partial charge on any atom is 0.338 e. The fourth-order valence-corrected chi connectivity index (χ4v) is 3.10. The zero-order valence-corrected chi connectivity index (χ0v) is 17.0. The van der Waals surface area contributed by atoms with Crippen molar-refractivity contribution in [1.29, 1.82) is 0 Å². The molecule has 0 aliphatic carbocycles. The first kappa shape index (κ1) is 20.5. The molecule has 3 aromatic rings. The van der Waals surface area contributed by atoms with Crippen molar-refractivity contribution >= 4 is 40.3 Å². The number of aromatic nitrogens is 2. The van der Waals surface area contributed by atoms with Crippen LogP contribution in [0.4, 0.5) is 5.69 Å². The highest BCUT2D eigenvalue weighted by atomic mass is 32.1. The molecule has 0 atom stereocenters. The molecule has 3 rings (SSSR count). The summed E-state index contributed by atoms with van der Waals surface area (Å²) in [7, 11) is 1.50. The molecule has 0 radical (unpaired) electrons. The van der Waals surface area contributed by atoms with Crippen molar-refractivity contribution in [3.8, 4) is 11.5 Å². The fourth-order valence-electron chi connectivity index (χ4n) is 2.55. The molecule has 1 heterocycles. The van der Waals surface area contributed by atoms with Gasteiger partial charge in [-0.05, 0) is 36.8 Å². The number of esters is 1. The Morgan fingerprint density at radius 2 is 2.00 bits per heavy atom. The Hall–Kier alpha value is -3.20. The van der Waals surface area contributed by atoms with E-state index in [9.17, 15) is 9.59 Å². The molecular weight excluding hydrogens is 394 g/mol. The van der Waals surface area contributed by atoms with Crippen molar-refractivity contribution in [2.24, 2.45) is 0 Å². The van der Waals surface area contributed by atoms with Gasteiger partial charge in [-0.1, -0.05) is 19.4 Å². The summed E-state index contributed by atoms with van der Waals surface area (Å²) in [6.45, 7) is 2.21. The highest BCUT2D eigenvalue weighted by Gasteiger charge is 2.15. The molecule has 0 saturated carbocycles. The summed E-state index contributed by atoms with van der Waals surface area (Å²) in [5.41, 5.74) is 2.08. The molecule has 1 aromatic heterocycles. The Morgan fingerprint density at radius 1 is 1.14 bits per heavy atom. The molecule has 1 amide bonds. The predicted molar refractivity (Wildman–Crippen MR) is 110 cm³/mol. The lowest BCUT2D eigenvalue weighted by Gasteiger charge is -2.12. The number of ether oxygens (including phenoxy) is 3. The number of methoxy groups -OCH3 is 1. The lowest BCUT2D eigenvalue weighted by molar-refractivity contribution is -0.119. The van der Waals surface area contributed by atoms with E-state index in [1.54, 1.807) is 30.3 Å². The van der Waals surface area contributed by atoms with Crippen LogP contribution in [0.2, 0.25) is 0 Å². The molecule has 1 N–H and O–H groups in total. The first-order chi connectivity index (χ1) is 14.1. The van der Waals surface area contributed by atoms with E-state index in [0.29, 0.717) is 34.8 Å². The molecule has 0 spiro atoms. The van der Waals surface area contributed by atoms with Crippen molar-refractivity contribution in [3.05, 3.63) is 42.0 Å². The molecule has 0 aliphatic heterocycles. The van der Waals surface area contributed by atoms with E-state index in [-0.39, 0.29) is 5.56 Å². The number of hydrogen-bond donors (Lipinski definition) is 1. The maximum absolute atomic E-state index is 12.3. The van der Waals surface area contributed by atoms with Crippen molar-refractivity contribution < 1.29 is 23.8 Å². The Kier molecular flexibility index (Phi) is 6.96. The number of hydrogen-bond acceptors (Lipinski definition) is 8. The summed E-state index contributed by atoms with van der Waals surface area (Å²) in [6.07, 6.45) is 1.94. The lowest BCUT2D eigenvalue weighted by Crippen LogP contribution is -2.21. The summed E-state index contributed by atoms with van der Waals surface area (Å²) in [5, 5.41) is 2.68. The normalized spacial score (nSPS) is 10.6. The van der Waals surface area contributed by atoms with E-state index in [2.05, 4.69) is 21.0 Å². The Morgan fingerprint density at radius 3 is 2.79 bits per heavy atom. The average molecular weight is 415 g/mol. The van der Waals surface area contributed by atoms with Crippen LogP contribution in [0.1, 0.15) is 30.1 Å². The Balaban J connectivity index is 1.58. The third-order valence-corrected chi connectivity index (χ3v) is 4.59. The number of nitrogens with zero attached hydrogens (tertiary/aromatic N) is 2. The summed E-state index contributed by atoms with van der Waals surface area (Å²) in [4.78, 5) is 24.5. The second kappa shape index (κ2) is 9.83. The highest BCUT2D eigenvalue weighted by Crippen LogP contribution is 2.28. The maximum atomic E-state index is 12.3. The van der Waals surface area contributed by atoms with Gasteiger partial charge >= 0.3 is 5.97 Å². The van der Waals surface area contributed by atoms with Crippen LogP contribution in [-0.4, -0.2) is 40.9 Å². The molecule has 8 nitrogen and oxygen atoms in total. The predicted octanol–water partition coefficient (Wildman–Crippen LogP) is 3.67. The third kappa shape index (κ3) is 5.20. The van der Waals surface area contributed by atoms with Crippen LogP contribution in [0.15, 0.2) is 36.4 Å². The van der Waals surface area contributed by atoms with Crippen LogP contribution < -0.4 is 14.8 Å². The van der Waals surface area contributed by atoms with Gasteiger partial charge in [0.15, 0.2) is 18.1 Å². The van der Waals surface area contributed by atoms with Gasteiger partial charge in [-0.2, -0.15) is 8.75 Å². The van der Waals surface area contributed by atoms with Crippen LogP contribution in [0.3, 0.4) is 0 Å². The first-order valence-corrected chi connectivity index (χ1v) is 9.84. The van der Waals surface area contributed by atoms with Crippen molar-refractivity contribution in [3.63, 3.8) is 0 Å². The number of fused-ring (bicyclic) bond motifs is 1. The van der Waals surface area contributed by atoms with Gasteiger partial charge in [0.2, 0.25) is 0 Å². The molecule has 2 aromatic carbocycles. The lowest BCUT2D eigenvalue weighted by atomic mass is 10.2. The van der Waals surface area contributed by atoms with Crippen LogP contribution in [0.25, 0.3) is 11.0 Å². The van der Waals surface area contributed by atoms with Crippen LogP contribution >= 0.6 is 11.7 Å². The van der Waals surface area contributed by atoms with Gasteiger partial charge in [0.1, 0.15) is 11.0 Å². The van der Waals surface area contributed by atoms with E-state index in [1.165, 1.54) is 13.2 Å². The molecular formula is C20H21N3O5S. The van der Waals surface area contributed by atoms with Gasteiger partial charge in [0, 0.05) is 0 Å². The quantitative estimate of drug-likeness (QED) is 0.420. The first-order valence-electron chi connectivity index (χ1n) is 9.11. The number of rotatable bonds is 9. The number of carbonyl (C=O) groups is 2. The highest BCUT2D eigenvalue weighted by molar-refractivity contribution is 7.00. The van der Waals surface area contributed by atoms with Crippen molar-refractivity contribution in [1.82, 2.24) is 8.75 Å². The van der Waals surface area contributed by atoms with Gasteiger partial charge in [-0.3, -0.25) is 4.79 Å². The third-order valence-electron chi connectivity index (χ3n) is 4.05. The van der Waals surface area contributed by atoms with Gasteiger partial charge in [0.05, 0.1) is 36.7 Å². The SMILES string of the molecule is CCCCOc1ccc(C(=O)OCC(=O)Nc2cccc3nsnc23)cc1OC. The van der Waals surface area contributed by atoms with E-state index < -0.39 is 18.5 Å². The zero-order chi connectivity index (χ0) is 20.6. The monoisotopic (exact) mass is 415 g/mol. The number of unbranched alkanes of at least 4 members (excludes halogenated alkanes) is 1. The van der Waals surface area contributed by atoms with E-state index in [1.807, 2.05) is 0 Å². The van der Waals surface area contributed by atoms with Gasteiger partial charge in [0.25, 0.3) is 5.91 Å². The van der Waals surface area contributed by atoms with Gasteiger partial charge in [-0.15, -0.1) is 0 Å². The Labute approximate surface area is 172 Å². The number of benzene rings is 2. The van der Waals surface area contributed by atoms with Crippen molar-refractivity contribution in [2.45, 2.75) is 19.8 Å². The minimum absolute atomic E-state index is 0.267. The number of anilines is 1. The molecule has 0 bridgehead atoms. The molecule has 0 saturated heterocycles. The molecule has 152 valence electrons. The molecule has 0 unspecified atom stereocenters. The average Bonchev–Trinajstić information content (AvgIpc) is 3.22. The number of amides is 1. The largest absolute Gasteiger partial charge is 0.493 e. The van der Waals surface area contributed by atoms with Crippen molar-refractivity contribution in [2.75, 3.05) is 25.6 Å². The molecule has 29 heavy (non-hydrogen) atoms. The molecule has 9 heteroatoms. The van der Waals surface area contributed by atoms with Crippen LogP contribution in [0, 0.1) is 0 Å². The standard InChI is InChI=1S/C20H21N3O5S/c1-3-4-10-27-16-9-8-13(11-17(16)26-2)20(25)28-12-18(24)21-14-6-5-7-15-19(14)23-29-22-15/h5-9,11H,3-4,10,12H2,1-2H3,(H,21,24). The van der Waals surface area contributed by atoms with Gasteiger partial charge < -0.3 is 19.5 Å². The van der Waals surface area contributed by atoms with E-state index in [4.69, 9.17) is 14.2 Å². The van der Waals surface area contributed by atoms with Crippen LogP contribution in [0.5, 0.6) is 11.5 Å². The summed E-state index contributed by atoms with van der Waals surface area (Å²) >= 11 is 1.06. The fraction of sp³-hybridized carbons (Fsp3) is 0.300. The minimum atomic E-state index is -0.632. The van der Waals surface area contributed by atoms with Gasteiger partial charge in [-0.25, -0.2) is 4.79 Å². The van der Waals surface area contributed by atoms with E-state index in [0.717, 1.165) is 24.6 Å².